The first kappa shape index (κ1) is 19.0. The van der Waals surface area contributed by atoms with Gasteiger partial charge in [-0.2, -0.15) is 0 Å². The number of carboxylic acids is 1. The predicted octanol–water partition coefficient (Wildman–Crippen LogP) is 4.21. The quantitative estimate of drug-likeness (QED) is 0.629. The molecule has 0 aromatic heterocycles. The van der Waals surface area contributed by atoms with E-state index in [-0.39, 0.29) is 11.3 Å². The molecule has 0 aliphatic heterocycles. The third-order valence-electron chi connectivity index (χ3n) is 4.21. The molecule has 0 spiro atoms. The second kappa shape index (κ2) is 8.26. The summed E-state index contributed by atoms with van der Waals surface area (Å²) in [5.41, 5.74) is 1.02. The standard InChI is InChI=1S/C22H19NO5/c1-27-19-9-7-14(11-20(19)28-2)8-10-21(24)23-18-13-16-6-4-3-5-15(16)12-17(18)22(25)26/h3-13H,1-2H3,(H,23,24)(H,25,26)/b10-8+. The Balaban J connectivity index is 1.84. The van der Waals surface area contributed by atoms with Gasteiger partial charge in [0.25, 0.3) is 0 Å². The second-order valence-electron chi connectivity index (χ2n) is 5.99. The number of benzene rings is 3. The maximum Gasteiger partial charge on any atom is 0.337 e. The molecular weight excluding hydrogens is 358 g/mol. The third-order valence-corrected chi connectivity index (χ3v) is 4.21. The molecule has 142 valence electrons. The molecule has 3 aromatic rings. The number of aromatic carboxylic acids is 1. The van der Waals surface area contributed by atoms with E-state index in [1.54, 1.807) is 43.5 Å². The normalized spacial score (nSPS) is 10.8. The lowest BCUT2D eigenvalue weighted by Crippen LogP contribution is -2.12. The molecule has 1 amide bonds. The topological polar surface area (TPSA) is 84.9 Å². The van der Waals surface area contributed by atoms with E-state index in [0.29, 0.717) is 11.5 Å². The summed E-state index contributed by atoms with van der Waals surface area (Å²) in [4.78, 5) is 23.9. The summed E-state index contributed by atoms with van der Waals surface area (Å²) in [7, 11) is 3.08. The van der Waals surface area contributed by atoms with E-state index in [1.807, 2.05) is 24.3 Å². The first-order valence-corrected chi connectivity index (χ1v) is 8.49. The molecule has 0 aliphatic rings. The van der Waals surface area contributed by atoms with Crippen molar-refractivity contribution in [3.63, 3.8) is 0 Å². The molecule has 0 radical (unpaired) electrons. The van der Waals surface area contributed by atoms with Crippen LogP contribution in [-0.4, -0.2) is 31.2 Å². The van der Waals surface area contributed by atoms with Crippen LogP contribution < -0.4 is 14.8 Å². The minimum atomic E-state index is -1.11. The van der Waals surface area contributed by atoms with Crippen molar-refractivity contribution in [1.29, 1.82) is 0 Å². The number of carbonyl (C=O) groups excluding carboxylic acids is 1. The van der Waals surface area contributed by atoms with Gasteiger partial charge in [0.15, 0.2) is 11.5 Å². The first-order valence-electron chi connectivity index (χ1n) is 8.49. The Labute approximate surface area is 162 Å². The summed E-state index contributed by atoms with van der Waals surface area (Å²) < 4.78 is 10.4. The molecule has 6 heteroatoms. The van der Waals surface area contributed by atoms with E-state index >= 15 is 0 Å². The minimum Gasteiger partial charge on any atom is -0.493 e. The van der Waals surface area contributed by atoms with Gasteiger partial charge >= 0.3 is 5.97 Å². The highest BCUT2D eigenvalue weighted by Gasteiger charge is 2.13. The average molecular weight is 377 g/mol. The Kier molecular flexibility index (Phi) is 5.60. The van der Waals surface area contributed by atoms with Crippen molar-refractivity contribution in [2.45, 2.75) is 0 Å². The van der Waals surface area contributed by atoms with Gasteiger partial charge in [0.2, 0.25) is 5.91 Å². The molecule has 0 unspecified atom stereocenters. The van der Waals surface area contributed by atoms with Crippen LogP contribution >= 0.6 is 0 Å². The Morgan fingerprint density at radius 2 is 1.61 bits per heavy atom. The molecular formula is C22H19NO5. The predicted molar refractivity (Wildman–Crippen MR) is 108 cm³/mol. The van der Waals surface area contributed by atoms with Crippen molar-refractivity contribution < 1.29 is 24.2 Å². The molecule has 28 heavy (non-hydrogen) atoms. The monoisotopic (exact) mass is 377 g/mol. The zero-order chi connectivity index (χ0) is 20.1. The van der Waals surface area contributed by atoms with Crippen LogP contribution in [0.3, 0.4) is 0 Å². The minimum absolute atomic E-state index is 0.0339. The highest BCUT2D eigenvalue weighted by molar-refractivity contribution is 6.08. The largest absolute Gasteiger partial charge is 0.493 e. The highest BCUT2D eigenvalue weighted by Crippen LogP contribution is 2.28. The first-order chi connectivity index (χ1) is 13.5. The maximum absolute atomic E-state index is 12.3. The van der Waals surface area contributed by atoms with E-state index in [9.17, 15) is 14.7 Å². The van der Waals surface area contributed by atoms with Crippen LogP contribution in [0.4, 0.5) is 5.69 Å². The lowest BCUT2D eigenvalue weighted by atomic mass is 10.0. The Morgan fingerprint density at radius 1 is 0.929 bits per heavy atom. The summed E-state index contributed by atoms with van der Waals surface area (Å²) >= 11 is 0. The highest BCUT2D eigenvalue weighted by atomic mass is 16.5. The van der Waals surface area contributed by atoms with Gasteiger partial charge in [-0.25, -0.2) is 4.79 Å². The van der Waals surface area contributed by atoms with Gasteiger partial charge in [-0.05, 0) is 46.7 Å². The smallest absolute Gasteiger partial charge is 0.337 e. The van der Waals surface area contributed by atoms with Gasteiger partial charge in [-0.3, -0.25) is 4.79 Å². The molecule has 0 saturated carbocycles. The zero-order valence-corrected chi connectivity index (χ0v) is 15.4. The van der Waals surface area contributed by atoms with E-state index in [4.69, 9.17) is 9.47 Å². The Hall–Kier alpha value is -3.80. The van der Waals surface area contributed by atoms with Crippen molar-refractivity contribution in [2.24, 2.45) is 0 Å². The van der Waals surface area contributed by atoms with Crippen molar-refractivity contribution in [3.05, 3.63) is 71.8 Å². The number of fused-ring (bicyclic) bond motifs is 1. The van der Waals surface area contributed by atoms with Crippen LogP contribution in [0.15, 0.2) is 60.7 Å². The number of carboxylic acid groups (broad SMARTS) is 1. The number of amides is 1. The average Bonchev–Trinajstić information content (AvgIpc) is 2.71. The van der Waals surface area contributed by atoms with Gasteiger partial charge in [0.05, 0.1) is 25.5 Å². The number of hydrogen-bond donors (Lipinski definition) is 2. The van der Waals surface area contributed by atoms with Crippen molar-refractivity contribution in [2.75, 3.05) is 19.5 Å². The summed E-state index contributed by atoms with van der Waals surface area (Å²) in [5.74, 6) is -0.406. The molecule has 3 aromatic carbocycles. The fourth-order valence-corrected chi connectivity index (χ4v) is 2.82. The second-order valence-corrected chi connectivity index (χ2v) is 5.99. The van der Waals surface area contributed by atoms with Crippen molar-refractivity contribution >= 4 is 34.4 Å². The van der Waals surface area contributed by atoms with Gasteiger partial charge in [-0.15, -0.1) is 0 Å². The van der Waals surface area contributed by atoms with Crippen molar-refractivity contribution in [1.82, 2.24) is 0 Å². The molecule has 3 rings (SSSR count). The van der Waals surface area contributed by atoms with E-state index < -0.39 is 11.9 Å². The van der Waals surface area contributed by atoms with Gasteiger partial charge in [0.1, 0.15) is 0 Å². The summed E-state index contributed by atoms with van der Waals surface area (Å²) in [6.07, 6.45) is 2.95. The van der Waals surface area contributed by atoms with Crippen LogP contribution in [-0.2, 0) is 4.79 Å². The number of nitrogens with one attached hydrogen (secondary N) is 1. The van der Waals surface area contributed by atoms with Crippen LogP contribution in [0.1, 0.15) is 15.9 Å². The number of hydrogen-bond acceptors (Lipinski definition) is 4. The summed E-state index contributed by atoms with van der Waals surface area (Å²) in [6, 6.07) is 15.8. The fraction of sp³-hybridized carbons (Fsp3) is 0.0909. The molecule has 0 atom stereocenters. The number of ether oxygens (including phenoxy) is 2. The molecule has 0 heterocycles. The lowest BCUT2D eigenvalue weighted by Gasteiger charge is -2.09. The number of methoxy groups -OCH3 is 2. The summed E-state index contributed by atoms with van der Waals surface area (Å²) in [5, 5.41) is 13.7. The van der Waals surface area contributed by atoms with Crippen LogP contribution in [0.5, 0.6) is 11.5 Å². The van der Waals surface area contributed by atoms with Gasteiger partial charge < -0.3 is 19.9 Å². The van der Waals surface area contributed by atoms with Gasteiger partial charge in [-0.1, -0.05) is 30.3 Å². The Morgan fingerprint density at radius 3 is 2.25 bits per heavy atom. The van der Waals surface area contributed by atoms with E-state index in [1.165, 1.54) is 13.2 Å². The van der Waals surface area contributed by atoms with Crippen LogP contribution in [0, 0.1) is 0 Å². The zero-order valence-electron chi connectivity index (χ0n) is 15.4. The summed E-state index contributed by atoms with van der Waals surface area (Å²) in [6.45, 7) is 0. The fourth-order valence-electron chi connectivity index (χ4n) is 2.82. The van der Waals surface area contributed by atoms with Gasteiger partial charge in [0, 0.05) is 6.08 Å². The molecule has 0 aliphatic carbocycles. The molecule has 0 fully saturated rings. The SMILES string of the molecule is COc1ccc(/C=C/C(=O)Nc2cc3ccccc3cc2C(=O)O)cc1OC. The van der Waals surface area contributed by atoms with Crippen LogP contribution in [0.2, 0.25) is 0 Å². The number of anilines is 1. The van der Waals surface area contributed by atoms with E-state index in [2.05, 4.69) is 5.32 Å². The van der Waals surface area contributed by atoms with Crippen molar-refractivity contribution in [3.8, 4) is 11.5 Å². The molecule has 0 bridgehead atoms. The molecule has 6 nitrogen and oxygen atoms in total. The maximum atomic E-state index is 12.3. The number of rotatable bonds is 6. The number of carbonyl (C=O) groups is 2. The van der Waals surface area contributed by atoms with Crippen LogP contribution in [0.25, 0.3) is 16.8 Å². The molecule has 0 saturated heterocycles. The van der Waals surface area contributed by atoms with E-state index in [0.717, 1.165) is 16.3 Å². The molecule has 2 N–H and O–H groups in total. The lowest BCUT2D eigenvalue weighted by molar-refractivity contribution is -0.111. The Bertz CT molecular complexity index is 1070. The third kappa shape index (κ3) is 4.12.